The number of benzene rings is 2. The Morgan fingerprint density at radius 2 is 1.82 bits per heavy atom. The molecule has 11 heteroatoms. The summed E-state index contributed by atoms with van der Waals surface area (Å²) in [6.07, 6.45) is 13.3. The van der Waals surface area contributed by atoms with Crippen LogP contribution in [0, 0.1) is 5.92 Å². The summed E-state index contributed by atoms with van der Waals surface area (Å²) in [6, 6.07) is 22.3. The van der Waals surface area contributed by atoms with Crippen molar-refractivity contribution in [2.24, 2.45) is 5.92 Å². The van der Waals surface area contributed by atoms with Crippen LogP contribution in [0.3, 0.4) is 0 Å². The minimum absolute atomic E-state index is 0.176. The van der Waals surface area contributed by atoms with Crippen LogP contribution in [0.15, 0.2) is 95.7 Å². The summed E-state index contributed by atoms with van der Waals surface area (Å²) >= 11 is 13.4. The second kappa shape index (κ2) is 14.8. The number of H-pyrrole nitrogens is 1. The second-order valence-electron chi connectivity index (χ2n) is 15.0. The van der Waals surface area contributed by atoms with Gasteiger partial charge < -0.3 is 24.5 Å². The molecule has 0 bridgehead atoms. The lowest BCUT2D eigenvalue weighted by Gasteiger charge is -2.42. The first kappa shape index (κ1) is 35.6. The van der Waals surface area contributed by atoms with Gasteiger partial charge >= 0.3 is 0 Å². The lowest BCUT2D eigenvalue weighted by Crippen LogP contribution is -2.34. The minimum atomic E-state index is -0.244. The van der Waals surface area contributed by atoms with E-state index in [1.807, 2.05) is 30.3 Å². The molecular weight excluding hydrogens is 729 g/mol. The van der Waals surface area contributed by atoms with Crippen LogP contribution in [0.4, 0.5) is 11.5 Å². The largest absolute Gasteiger partial charge is 0.425 e. The molecule has 3 unspecified atom stereocenters. The quantitative estimate of drug-likeness (QED) is 0.151. The van der Waals surface area contributed by atoms with Gasteiger partial charge in [-0.1, -0.05) is 80.1 Å². The van der Waals surface area contributed by atoms with E-state index in [9.17, 15) is 4.79 Å². The van der Waals surface area contributed by atoms with E-state index >= 15 is 0 Å². The van der Waals surface area contributed by atoms with Gasteiger partial charge in [0.05, 0.1) is 22.8 Å². The van der Waals surface area contributed by atoms with E-state index in [4.69, 9.17) is 32.6 Å². The molecule has 1 aliphatic carbocycles. The van der Waals surface area contributed by atoms with Crippen LogP contribution in [-0.2, 0) is 12.8 Å². The number of alkyl halides is 1. The number of piperidine rings is 1. The van der Waals surface area contributed by atoms with Crippen LogP contribution >= 0.6 is 23.2 Å². The van der Waals surface area contributed by atoms with Gasteiger partial charge in [0.25, 0.3) is 5.91 Å². The van der Waals surface area contributed by atoms with Crippen LogP contribution < -0.4 is 10.2 Å². The molecule has 0 radical (unpaired) electrons. The van der Waals surface area contributed by atoms with Gasteiger partial charge in [-0.05, 0) is 78.1 Å². The predicted molar refractivity (Wildman–Crippen MR) is 219 cm³/mol. The molecular formula is C44H43Cl2N7O2. The Labute approximate surface area is 331 Å². The first-order chi connectivity index (χ1) is 26.9. The summed E-state index contributed by atoms with van der Waals surface area (Å²) in [5.41, 5.74) is 9.63. The number of aromatic nitrogens is 4. The number of nitrogens with zero attached hydrogens (tertiary/aromatic N) is 5. The third kappa shape index (κ3) is 6.57. The Morgan fingerprint density at radius 1 is 1.02 bits per heavy atom. The van der Waals surface area contributed by atoms with Crippen molar-refractivity contribution in [3.05, 3.63) is 142 Å². The van der Waals surface area contributed by atoms with E-state index in [0.29, 0.717) is 34.6 Å². The van der Waals surface area contributed by atoms with E-state index in [2.05, 4.69) is 98.9 Å². The van der Waals surface area contributed by atoms with Crippen LogP contribution in [0.2, 0.25) is 5.02 Å². The van der Waals surface area contributed by atoms with Gasteiger partial charge in [0.15, 0.2) is 5.82 Å². The number of fused-ring (bicyclic) bond motifs is 2. The van der Waals surface area contributed by atoms with Crippen molar-refractivity contribution in [1.82, 2.24) is 25.1 Å². The average molecular weight is 773 g/mol. The van der Waals surface area contributed by atoms with E-state index < -0.39 is 0 Å². The lowest BCUT2D eigenvalue weighted by atomic mass is 9.77. The number of carbonyl (C=O) groups excluding carboxylic acids is 1. The third-order valence-electron chi connectivity index (χ3n) is 11.3. The predicted octanol–water partition coefficient (Wildman–Crippen LogP) is 10.1. The zero-order chi connectivity index (χ0) is 37.6. The van der Waals surface area contributed by atoms with Crippen molar-refractivity contribution in [1.29, 1.82) is 0 Å². The zero-order valence-electron chi connectivity index (χ0n) is 30.9. The molecule has 55 heavy (non-hydrogen) atoms. The molecule has 1 saturated heterocycles. The van der Waals surface area contributed by atoms with Crippen LogP contribution in [-0.4, -0.2) is 49.4 Å². The van der Waals surface area contributed by atoms with Gasteiger partial charge in [0, 0.05) is 66.1 Å². The Kier molecular flexibility index (Phi) is 9.60. The fourth-order valence-electron chi connectivity index (χ4n) is 8.80. The zero-order valence-corrected chi connectivity index (χ0v) is 32.4. The second-order valence-corrected chi connectivity index (χ2v) is 16.0. The topological polar surface area (TPSA) is 103 Å². The molecule has 3 aliphatic heterocycles. The summed E-state index contributed by atoms with van der Waals surface area (Å²) in [5, 5.41) is 12.3. The number of hydrogen-bond acceptors (Lipinski definition) is 7. The molecule has 5 aromatic rings. The molecule has 9 rings (SSSR count). The van der Waals surface area contributed by atoms with Gasteiger partial charge in [-0.25, -0.2) is 4.98 Å². The maximum absolute atomic E-state index is 14.9. The number of aromatic amines is 1. The highest BCUT2D eigenvalue weighted by Crippen LogP contribution is 2.55. The number of anilines is 2. The van der Waals surface area contributed by atoms with Crippen molar-refractivity contribution in [2.75, 3.05) is 23.3 Å². The fraction of sp³-hybridized carbons (Fsp3) is 0.318. The standard InChI is InChI=1S/C44H43Cl2N7O2/c1-3-9-35-50-51-44(55-35)29-18-22-52(23-19-29)42-33(13-7-20-47-42)49-43(54)39-38-37-32(24-31(46)25-34(37)48-39)40(28-14-16-30(45)17-15-28)53-21-8-10-26(2)36(41(38)53)27-11-5-4-6-12-27/h4-8,11-17,20-21,24,26,29,31,40,48H,3,9-10,18-19,22-23,25H2,1-2H3,(H,49,54). The first-order valence-electron chi connectivity index (χ1n) is 19.3. The number of halogens is 2. The number of amides is 1. The smallest absolute Gasteiger partial charge is 0.272 e. The Hall–Kier alpha value is -5.12. The van der Waals surface area contributed by atoms with Crippen molar-refractivity contribution in [2.45, 2.75) is 69.7 Å². The molecule has 4 aliphatic rings. The SMILES string of the molecule is CCCc1nnc(C2CCN(c3ncccc3NC(=O)c3[nH]c4c5c3C3=C(c6ccccc6)C(C)CC=CN3C(c3ccc(Cl)cc3)C5=CC(Cl)C4)CC2)o1. The summed E-state index contributed by atoms with van der Waals surface area (Å²) in [4.78, 5) is 27.9. The minimum Gasteiger partial charge on any atom is -0.425 e. The molecule has 0 spiro atoms. The van der Waals surface area contributed by atoms with Crippen molar-refractivity contribution < 1.29 is 9.21 Å². The summed E-state index contributed by atoms with van der Waals surface area (Å²) in [6.45, 7) is 5.88. The molecule has 1 fully saturated rings. The number of nitrogens with one attached hydrogen (secondary N) is 2. The average Bonchev–Trinajstić information content (AvgIpc) is 3.78. The van der Waals surface area contributed by atoms with Crippen molar-refractivity contribution >= 4 is 57.5 Å². The summed E-state index contributed by atoms with van der Waals surface area (Å²) in [7, 11) is 0. The highest BCUT2D eigenvalue weighted by atomic mass is 35.5. The van der Waals surface area contributed by atoms with E-state index in [0.717, 1.165) is 90.2 Å². The first-order valence-corrected chi connectivity index (χ1v) is 20.1. The van der Waals surface area contributed by atoms with Crippen LogP contribution in [0.5, 0.6) is 0 Å². The van der Waals surface area contributed by atoms with Crippen molar-refractivity contribution in [3.63, 3.8) is 0 Å². The third-order valence-corrected chi connectivity index (χ3v) is 11.9. The van der Waals surface area contributed by atoms with Gasteiger partial charge in [-0.2, -0.15) is 0 Å². The molecule has 2 aromatic carbocycles. The molecule has 3 atom stereocenters. The Bertz CT molecular complexity index is 2320. The van der Waals surface area contributed by atoms with Gasteiger partial charge in [0.1, 0.15) is 5.69 Å². The molecule has 6 heterocycles. The molecule has 3 aromatic heterocycles. The van der Waals surface area contributed by atoms with E-state index in [-0.39, 0.29) is 29.2 Å². The Balaban J connectivity index is 1.12. The van der Waals surface area contributed by atoms with E-state index in [1.54, 1.807) is 6.20 Å². The molecule has 280 valence electrons. The monoisotopic (exact) mass is 771 g/mol. The highest BCUT2D eigenvalue weighted by Gasteiger charge is 2.44. The Morgan fingerprint density at radius 3 is 2.60 bits per heavy atom. The number of rotatable bonds is 8. The molecule has 9 nitrogen and oxygen atoms in total. The highest BCUT2D eigenvalue weighted by molar-refractivity contribution is 6.30. The molecule has 2 N–H and O–H groups in total. The van der Waals surface area contributed by atoms with Crippen LogP contribution in [0.25, 0.3) is 16.8 Å². The van der Waals surface area contributed by atoms with E-state index in [1.165, 1.54) is 5.57 Å². The fourth-order valence-corrected chi connectivity index (χ4v) is 9.22. The van der Waals surface area contributed by atoms with Gasteiger partial charge in [-0.15, -0.1) is 21.8 Å². The lowest BCUT2D eigenvalue weighted by molar-refractivity contribution is 0.102. The number of pyridine rings is 1. The van der Waals surface area contributed by atoms with Gasteiger partial charge in [0.2, 0.25) is 11.8 Å². The van der Waals surface area contributed by atoms with Crippen LogP contribution in [0.1, 0.15) is 102 Å². The number of allylic oxidation sites excluding steroid dienone is 3. The molecule has 0 saturated carbocycles. The number of carbonyl (C=O) groups is 1. The van der Waals surface area contributed by atoms with Crippen molar-refractivity contribution in [3.8, 4) is 0 Å². The normalized spacial score (nSPS) is 20.9. The summed E-state index contributed by atoms with van der Waals surface area (Å²) < 4.78 is 5.98. The summed E-state index contributed by atoms with van der Waals surface area (Å²) in [5.74, 6) is 2.32. The maximum Gasteiger partial charge on any atom is 0.272 e. The number of aryl methyl sites for hydroxylation is 1. The molecule has 1 amide bonds. The van der Waals surface area contributed by atoms with Gasteiger partial charge in [-0.3, -0.25) is 4.79 Å². The maximum atomic E-state index is 14.9. The number of hydrogen-bond donors (Lipinski definition) is 2.